The highest BCUT2D eigenvalue weighted by molar-refractivity contribution is 5.78. The van der Waals surface area contributed by atoms with Gasteiger partial charge in [0.05, 0.1) is 12.7 Å². The standard InChI is InChI=1S/C24H31NO3/c1-2-14-24(18-26)17-25(15-13-22(24)27)23(28)16-21(19-9-5-3-6-10-19)20-11-7-4-8-12-20/h3-12,21-22,26-27H,2,13-18H2,1H3/t22-,24+/m1/s1. The minimum atomic E-state index is -0.600. The monoisotopic (exact) mass is 381 g/mol. The quantitative estimate of drug-likeness (QED) is 0.771. The third-order valence-electron chi connectivity index (χ3n) is 6.08. The Morgan fingerprint density at radius 3 is 2.18 bits per heavy atom. The van der Waals surface area contributed by atoms with Crippen LogP contribution in [0.5, 0.6) is 0 Å². The van der Waals surface area contributed by atoms with Crippen molar-refractivity contribution in [3.8, 4) is 0 Å². The highest BCUT2D eigenvalue weighted by atomic mass is 16.3. The molecule has 150 valence electrons. The molecule has 1 saturated heterocycles. The van der Waals surface area contributed by atoms with Gasteiger partial charge in [-0.15, -0.1) is 0 Å². The SMILES string of the molecule is CCC[C@@]1(CO)CN(C(=O)CC(c2ccccc2)c2ccccc2)CC[C@H]1O. The van der Waals surface area contributed by atoms with Crippen LogP contribution in [-0.4, -0.2) is 46.8 Å². The van der Waals surface area contributed by atoms with Crippen LogP contribution in [0.2, 0.25) is 0 Å². The number of likely N-dealkylation sites (tertiary alicyclic amines) is 1. The van der Waals surface area contributed by atoms with Gasteiger partial charge in [0.1, 0.15) is 0 Å². The van der Waals surface area contributed by atoms with Crippen molar-refractivity contribution < 1.29 is 15.0 Å². The topological polar surface area (TPSA) is 60.8 Å². The number of aliphatic hydroxyl groups is 2. The van der Waals surface area contributed by atoms with Crippen LogP contribution in [-0.2, 0) is 4.79 Å². The predicted octanol–water partition coefficient (Wildman–Crippen LogP) is 3.58. The number of hydrogen-bond donors (Lipinski definition) is 2. The van der Waals surface area contributed by atoms with Gasteiger partial charge in [-0.3, -0.25) is 4.79 Å². The summed E-state index contributed by atoms with van der Waals surface area (Å²) in [6.07, 6.45) is 1.94. The highest BCUT2D eigenvalue weighted by Crippen LogP contribution is 2.36. The van der Waals surface area contributed by atoms with Gasteiger partial charge >= 0.3 is 0 Å². The lowest BCUT2D eigenvalue weighted by Crippen LogP contribution is -2.55. The third-order valence-corrected chi connectivity index (χ3v) is 6.08. The van der Waals surface area contributed by atoms with Crippen LogP contribution in [0.25, 0.3) is 0 Å². The molecule has 0 spiro atoms. The van der Waals surface area contributed by atoms with Gasteiger partial charge in [-0.2, -0.15) is 0 Å². The Bertz CT molecular complexity index is 709. The van der Waals surface area contributed by atoms with Crippen LogP contribution >= 0.6 is 0 Å². The number of carbonyl (C=O) groups is 1. The summed E-state index contributed by atoms with van der Waals surface area (Å²) >= 11 is 0. The Hall–Kier alpha value is -2.17. The van der Waals surface area contributed by atoms with Crippen molar-refractivity contribution in [3.63, 3.8) is 0 Å². The molecule has 0 radical (unpaired) electrons. The summed E-state index contributed by atoms with van der Waals surface area (Å²) in [5.41, 5.74) is 1.65. The van der Waals surface area contributed by atoms with E-state index in [9.17, 15) is 15.0 Å². The number of aliphatic hydroxyl groups excluding tert-OH is 2. The minimum Gasteiger partial charge on any atom is -0.396 e. The van der Waals surface area contributed by atoms with Crippen molar-refractivity contribution in [2.45, 2.75) is 44.6 Å². The van der Waals surface area contributed by atoms with Gasteiger partial charge in [-0.1, -0.05) is 74.0 Å². The Labute approximate surface area is 167 Å². The van der Waals surface area contributed by atoms with E-state index in [1.54, 1.807) is 0 Å². The van der Waals surface area contributed by atoms with E-state index in [2.05, 4.69) is 24.3 Å². The first kappa shape index (κ1) is 20.6. The van der Waals surface area contributed by atoms with Gasteiger partial charge < -0.3 is 15.1 Å². The minimum absolute atomic E-state index is 0.00329. The molecule has 0 aromatic heterocycles. The summed E-state index contributed by atoms with van der Waals surface area (Å²) in [7, 11) is 0. The van der Waals surface area contributed by atoms with Crippen LogP contribution in [0.3, 0.4) is 0 Å². The van der Waals surface area contributed by atoms with Gasteiger partial charge in [0.2, 0.25) is 5.91 Å². The van der Waals surface area contributed by atoms with E-state index < -0.39 is 11.5 Å². The van der Waals surface area contributed by atoms with Crippen LogP contribution < -0.4 is 0 Å². The second kappa shape index (κ2) is 9.35. The summed E-state index contributed by atoms with van der Waals surface area (Å²) in [5, 5.41) is 20.5. The van der Waals surface area contributed by atoms with Crippen LogP contribution in [0.1, 0.15) is 49.7 Å². The normalized spacial score (nSPS) is 22.4. The van der Waals surface area contributed by atoms with E-state index in [4.69, 9.17) is 0 Å². The Morgan fingerprint density at radius 1 is 1.11 bits per heavy atom. The summed E-state index contributed by atoms with van der Waals surface area (Å²) in [4.78, 5) is 15.1. The highest BCUT2D eigenvalue weighted by Gasteiger charge is 2.43. The van der Waals surface area contributed by atoms with Gasteiger partial charge in [-0.25, -0.2) is 0 Å². The average Bonchev–Trinajstić information content (AvgIpc) is 2.75. The average molecular weight is 382 g/mol. The fraction of sp³-hybridized carbons (Fsp3) is 0.458. The lowest BCUT2D eigenvalue weighted by Gasteiger charge is -2.45. The third kappa shape index (κ3) is 4.45. The second-order valence-corrected chi connectivity index (χ2v) is 7.97. The molecule has 2 atom stereocenters. The molecule has 0 bridgehead atoms. The molecule has 2 aromatic carbocycles. The van der Waals surface area contributed by atoms with Crippen LogP contribution in [0.15, 0.2) is 60.7 Å². The van der Waals surface area contributed by atoms with Crippen molar-refractivity contribution >= 4 is 5.91 Å². The molecule has 1 heterocycles. The maximum absolute atomic E-state index is 13.2. The van der Waals surface area contributed by atoms with Gasteiger partial charge in [0.25, 0.3) is 0 Å². The summed E-state index contributed by atoms with van der Waals surface area (Å²) < 4.78 is 0. The number of nitrogens with zero attached hydrogens (tertiary/aromatic N) is 1. The Morgan fingerprint density at radius 2 is 1.68 bits per heavy atom. The predicted molar refractivity (Wildman–Crippen MR) is 111 cm³/mol. The van der Waals surface area contributed by atoms with Crippen LogP contribution in [0, 0.1) is 5.41 Å². The molecule has 1 aliphatic heterocycles. The first-order chi connectivity index (χ1) is 13.6. The first-order valence-corrected chi connectivity index (χ1v) is 10.3. The number of rotatable bonds is 7. The maximum Gasteiger partial charge on any atom is 0.223 e. The molecule has 4 heteroatoms. The number of hydrogen-bond acceptors (Lipinski definition) is 3. The number of carbonyl (C=O) groups excluding carboxylic acids is 1. The molecule has 28 heavy (non-hydrogen) atoms. The summed E-state index contributed by atoms with van der Waals surface area (Å²) in [6, 6.07) is 20.3. The number of piperidine rings is 1. The van der Waals surface area contributed by atoms with Crippen molar-refractivity contribution in [3.05, 3.63) is 71.8 Å². The molecule has 0 unspecified atom stereocenters. The van der Waals surface area contributed by atoms with E-state index in [0.717, 1.165) is 24.0 Å². The second-order valence-electron chi connectivity index (χ2n) is 7.97. The summed E-state index contributed by atoms with van der Waals surface area (Å²) in [6.45, 7) is 2.92. The molecule has 2 N–H and O–H groups in total. The van der Waals surface area contributed by atoms with Crippen molar-refractivity contribution in [1.82, 2.24) is 4.90 Å². The zero-order valence-electron chi connectivity index (χ0n) is 16.6. The van der Waals surface area contributed by atoms with Crippen molar-refractivity contribution in [2.75, 3.05) is 19.7 Å². The molecular weight excluding hydrogens is 350 g/mol. The largest absolute Gasteiger partial charge is 0.396 e. The maximum atomic E-state index is 13.2. The number of benzene rings is 2. The lowest BCUT2D eigenvalue weighted by molar-refractivity contribution is -0.142. The van der Waals surface area contributed by atoms with Gasteiger partial charge in [0.15, 0.2) is 0 Å². The van der Waals surface area contributed by atoms with E-state index in [0.29, 0.717) is 25.9 Å². The Kier molecular flexibility index (Phi) is 6.87. The first-order valence-electron chi connectivity index (χ1n) is 10.3. The Balaban J connectivity index is 1.80. The molecule has 1 aliphatic rings. The fourth-order valence-corrected chi connectivity index (χ4v) is 4.44. The molecule has 3 rings (SSSR count). The molecule has 4 nitrogen and oxygen atoms in total. The smallest absolute Gasteiger partial charge is 0.223 e. The number of amides is 1. The molecule has 0 saturated carbocycles. The zero-order chi connectivity index (χ0) is 20.0. The molecule has 0 aliphatic carbocycles. The fourth-order valence-electron chi connectivity index (χ4n) is 4.44. The van der Waals surface area contributed by atoms with Crippen molar-refractivity contribution in [1.29, 1.82) is 0 Å². The van der Waals surface area contributed by atoms with Crippen molar-refractivity contribution in [2.24, 2.45) is 5.41 Å². The summed E-state index contributed by atoms with van der Waals surface area (Å²) in [5.74, 6) is 0.0787. The molecule has 1 amide bonds. The lowest BCUT2D eigenvalue weighted by atomic mass is 9.74. The van der Waals surface area contributed by atoms with E-state index >= 15 is 0 Å². The van der Waals surface area contributed by atoms with Gasteiger partial charge in [0, 0.05) is 30.8 Å². The molecule has 2 aromatic rings. The van der Waals surface area contributed by atoms with E-state index in [1.807, 2.05) is 48.2 Å². The van der Waals surface area contributed by atoms with E-state index in [-0.39, 0.29) is 18.4 Å². The molecular formula is C24H31NO3. The van der Waals surface area contributed by atoms with Crippen LogP contribution in [0.4, 0.5) is 0 Å². The molecule has 1 fully saturated rings. The zero-order valence-corrected chi connectivity index (χ0v) is 16.6. The van der Waals surface area contributed by atoms with Gasteiger partial charge in [-0.05, 0) is 24.0 Å². The van der Waals surface area contributed by atoms with E-state index in [1.165, 1.54) is 0 Å².